The molecule has 8 N–H and O–H groups in total. The number of ether oxygens (including phenoxy) is 1. The summed E-state index contributed by atoms with van der Waals surface area (Å²) in [5.41, 5.74) is 20.0. The Hall–Kier alpha value is -2.52. The summed E-state index contributed by atoms with van der Waals surface area (Å²) in [6.45, 7) is 0. The summed E-state index contributed by atoms with van der Waals surface area (Å²) in [5, 5.41) is 0. The Labute approximate surface area is 130 Å². The Morgan fingerprint density at radius 2 is 1.70 bits per heavy atom. The second kappa shape index (κ2) is 7.16. The Balaban J connectivity index is 0.000000593. The van der Waals surface area contributed by atoms with Crippen LogP contribution in [-0.4, -0.2) is 18.1 Å². The molecule has 0 fully saturated rings. The van der Waals surface area contributed by atoms with Crippen LogP contribution >= 0.6 is 0 Å². The number of nitrogen functional groups attached to an aromatic ring is 1. The molecule has 2 rings (SSSR count). The average molecular weight is 330 g/mol. The van der Waals surface area contributed by atoms with Gasteiger partial charge in [0, 0.05) is 12.1 Å². The molecule has 0 radical (unpaired) electrons. The number of hydrogen-bond acceptors (Lipinski definition) is 4. The molecule has 2 amide bonds. The lowest BCUT2D eigenvalue weighted by Gasteiger charge is -2.28. The van der Waals surface area contributed by atoms with E-state index in [4.69, 9.17) is 16.3 Å². The topological polar surface area (TPSA) is 130 Å². The zero-order chi connectivity index (χ0) is 17.7. The molecule has 1 atom stereocenters. The molecular formula is C14H17F3N4O2. The van der Waals surface area contributed by atoms with Crippen LogP contribution in [0.25, 0.3) is 5.57 Å². The van der Waals surface area contributed by atoms with Gasteiger partial charge in [0.15, 0.2) is 0 Å². The molecule has 6 nitrogen and oxygen atoms in total. The van der Waals surface area contributed by atoms with E-state index >= 15 is 0 Å². The fourth-order valence-electron chi connectivity index (χ4n) is 1.82. The highest BCUT2D eigenvalue weighted by Crippen LogP contribution is 2.31. The second-order valence-electron chi connectivity index (χ2n) is 4.72. The van der Waals surface area contributed by atoms with E-state index in [2.05, 4.69) is 16.2 Å². The summed E-state index contributed by atoms with van der Waals surface area (Å²) in [6.07, 6.45) is -0.474. The third kappa shape index (κ3) is 6.85. The van der Waals surface area contributed by atoms with E-state index in [-0.39, 0.29) is 6.42 Å². The Morgan fingerprint density at radius 1 is 1.17 bits per heavy atom. The predicted molar refractivity (Wildman–Crippen MR) is 80.4 cm³/mol. The highest BCUT2D eigenvalue weighted by molar-refractivity contribution is 5.76. The Morgan fingerprint density at radius 3 is 2.09 bits per heavy atom. The van der Waals surface area contributed by atoms with Gasteiger partial charge in [-0.2, -0.15) is 0 Å². The zero-order valence-electron chi connectivity index (χ0n) is 12.0. The maximum Gasteiger partial charge on any atom is 0.524 e. The Kier molecular flexibility index (Phi) is 5.77. The smallest absolute Gasteiger partial charge is 0.399 e. The highest BCUT2D eigenvalue weighted by atomic mass is 19.4. The van der Waals surface area contributed by atoms with Crippen molar-refractivity contribution in [1.82, 2.24) is 0 Å². The van der Waals surface area contributed by atoms with Crippen LogP contribution in [-0.2, 0) is 4.74 Å². The monoisotopic (exact) mass is 330 g/mol. The maximum atomic E-state index is 12.2. The van der Waals surface area contributed by atoms with Crippen molar-refractivity contribution in [3.8, 4) is 0 Å². The van der Waals surface area contributed by atoms with Gasteiger partial charge < -0.3 is 17.2 Å². The van der Waals surface area contributed by atoms with Crippen molar-refractivity contribution >= 4 is 17.3 Å². The molecule has 0 spiro atoms. The SMILES string of the molecule is NC(N)=O.Nc1ccc(C2=CCC(N)(OC(F)(F)F)C=C2)cc1. The summed E-state index contributed by atoms with van der Waals surface area (Å²) in [7, 11) is 0. The van der Waals surface area contributed by atoms with Crippen LogP contribution in [0.3, 0.4) is 0 Å². The van der Waals surface area contributed by atoms with E-state index < -0.39 is 18.1 Å². The van der Waals surface area contributed by atoms with Gasteiger partial charge in [-0.3, -0.25) is 10.5 Å². The van der Waals surface area contributed by atoms with Crippen LogP contribution in [0.5, 0.6) is 0 Å². The van der Waals surface area contributed by atoms with Gasteiger partial charge in [-0.05, 0) is 29.3 Å². The number of carbonyl (C=O) groups is 1. The number of allylic oxidation sites excluding steroid dienone is 2. The van der Waals surface area contributed by atoms with E-state index in [1.165, 1.54) is 12.2 Å². The number of halogens is 3. The normalized spacial score (nSPS) is 20.3. The van der Waals surface area contributed by atoms with E-state index in [1.54, 1.807) is 30.3 Å². The Bertz CT molecular complexity index is 607. The lowest BCUT2D eigenvalue weighted by atomic mass is 9.95. The van der Waals surface area contributed by atoms with Crippen LogP contribution in [0.15, 0.2) is 42.5 Å². The van der Waals surface area contributed by atoms with Gasteiger partial charge in [0.1, 0.15) is 5.72 Å². The lowest BCUT2D eigenvalue weighted by molar-refractivity contribution is -0.357. The van der Waals surface area contributed by atoms with Gasteiger partial charge in [-0.1, -0.05) is 24.3 Å². The number of urea groups is 1. The minimum Gasteiger partial charge on any atom is -0.399 e. The van der Waals surface area contributed by atoms with Gasteiger partial charge in [0.05, 0.1) is 0 Å². The summed E-state index contributed by atoms with van der Waals surface area (Å²) < 4.78 is 40.4. The minimum atomic E-state index is -4.76. The number of carbonyl (C=O) groups excluding carboxylic acids is 1. The van der Waals surface area contributed by atoms with Crippen molar-refractivity contribution in [2.24, 2.45) is 17.2 Å². The van der Waals surface area contributed by atoms with Gasteiger partial charge in [-0.15, -0.1) is 13.2 Å². The first-order valence-corrected chi connectivity index (χ1v) is 6.37. The maximum absolute atomic E-state index is 12.2. The molecule has 126 valence electrons. The van der Waals surface area contributed by atoms with Crippen molar-refractivity contribution in [2.75, 3.05) is 5.73 Å². The summed E-state index contributed by atoms with van der Waals surface area (Å²) in [5.74, 6) is 0. The third-order valence-electron chi connectivity index (χ3n) is 2.74. The average Bonchev–Trinajstić information content (AvgIpc) is 2.37. The summed E-state index contributed by atoms with van der Waals surface area (Å²) in [6, 6.07) is 6.19. The highest BCUT2D eigenvalue weighted by Gasteiger charge is 2.40. The van der Waals surface area contributed by atoms with Crippen molar-refractivity contribution in [3.63, 3.8) is 0 Å². The quantitative estimate of drug-likeness (QED) is 0.486. The fourth-order valence-corrected chi connectivity index (χ4v) is 1.82. The first-order chi connectivity index (χ1) is 10.5. The summed E-state index contributed by atoms with van der Waals surface area (Å²) >= 11 is 0. The first-order valence-electron chi connectivity index (χ1n) is 6.37. The molecule has 1 aromatic rings. The molecule has 23 heavy (non-hydrogen) atoms. The molecule has 9 heteroatoms. The molecule has 0 aromatic heterocycles. The minimum absolute atomic E-state index is 0.0529. The number of amides is 2. The fraction of sp³-hybridized carbons (Fsp3) is 0.214. The van der Waals surface area contributed by atoms with Gasteiger partial charge in [0.2, 0.25) is 0 Å². The predicted octanol–water partition coefficient (Wildman–Crippen LogP) is 1.83. The standard InChI is InChI=1S/C13H13F3N2O.CH4N2O/c14-13(15,16)19-12(18)7-5-10(6-8-12)9-1-3-11(17)4-2-9;2-1(3)4/h1-7H,8,17-18H2;(H4,2,3,4). The zero-order valence-corrected chi connectivity index (χ0v) is 12.0. The summed E-state index contributed by atoms with van der Waals surface area (Å²) in [4.78, 5) is 9.00. The molecule has 1 aromatic carbocycles. The first kappa shape index (κ1) is 18.5. The lowest BCUT2D eigenvalue weighted by Crippen LogP contribution is -2.45. The van der Waals surface area contributed by atoms with Crippen LogP contribution < -0.4 is 22.9 Å². The van der Waals surface area contributed by atoms with E-state index in [9.17, 15) is 13.2 Å². The molecule has 0 bridgehead atoms. The molecule has 0 saturated carbocycles. The number of anilines is 1. The van der Waals surface area contributed by atoms with Crippen LogP contribution in [0.2, 0.25) is 0 Å². The molecule has 0 heterocycles. The second-order valence-corrected chi connectivity index (χ2v) is 4.72. The van der Waals surface area contributed by atoms with Crippen LogP contribution in [0.4, 0.5) is 23.7 Å². The van der Waals surface area contributed by atoms with Crippen molar-refractivity contribution < 1.29 is 22.7 Å². The molecule has 0 saturated heterocycles. The van der Waals surface area contributed by atoms with Gasteiger partial charge in [-0.25, -0.2) is 4.79 Å². The number of benzene rings is 1. The third-order valence-corrected chi connectivity index (χ3v) is 2.74. The molecule has 0 aliphatic heterocycles. The number of alkyl halides is 3. The molecular weight excluding hydrogens is 313 g/mol. The molecule has 1 aliphatic carbocycles. The van der Waals surface area contributed by atoms with Crippen molar-refractivity contribution in [2.45, 2.75) is 18.5 Å². The largest absolute Gasteiger partial charge is 0.524 e. The van der Waals surface area contributed by atoms with E-state index in [1.807, 2.05) is 0 Å². The van der Waals surface area contributed by atoms with Crippen LogP contribution in [0.1, 0.15) is 12.0 Å². The number of hydrogen-bond donors (Lipinski definition) is 4. The van der Waals surface area contributed by atoms with Crippen molar-refractivity contribution in [3.05, 3.63) is 48.1 Å². The van der Waals surface area contributed by atoms with Crippen LogP contribution in [0, 0.1) is 0 Å². The molecule has 1 unspecified atom stereocenters. The van der Waals surface area contributed by atoms with Crippen molar-refractivity contribution in [1.29, 1.82) is 0 Å². The number of primary amides is 2. The number of nitrogens with two attached hydrogens (primary N) is 4. The number of rotatable bonds is 2. The van der Waals surface area contributed by atoms with Gasteiger partial charge >= 0.3 is 12.4 Å². The van der Waals surface area contributed by atoms with Gasteiger partial charge in [0.25, 0.3) is 0 Å². The molecule has 1 aliphatic rings. The van der Waals surface area contributed by atoms with E-state index in [0.29, 0.717) is 5.69 Å². The van der Waals surface area contributed by atoms with E-state index in [0.717, 1.165) is 11.1 Å².